The van der Waals surface area contributed by atoms with Crippen molar-refractivity contribution in [3.8, 4) is 11.5 Å². The predicted octanol–water partition coefficient (Wildman–Crippen LogP) is 4.32. The number of hydrogen-bond acceptors (Lipinski definition) is 6. The molecule has 0 aliphatic heterocycles. The molecule has 0 radical (unpaired) electrons. The molecule has 0 heterocycles. The van der Waals surface area contributed by atoms with E-state index in [-0.39, 0.29) is 5.91 Å². The van der Waals surface area contributed by atoms with Crippen molar-refractivity contribution >= 4 is 17.8 Å². The molecule has 2 aromatic rings. The number of amides is 1. The van der Waals surface area contributed by atoms with Gasteiger partial charge in [-0.05, 0) is 81.1 Å². The molecule has 0 atom stereocenters. The van der Waals surface area contributed by atoms with Crippen LogP contribution < -0.4 is 14.8 Å². The Morgan fingerprint density at radius 1 is 0.844 bits per heavy atom. The molecule has 32 heavy (non-hydrogen) atoms. The standard InChI is InChI=1S/C25H29NO6/c1-3-23(27)31-18-8-6-5-7-17-30-21-13-11-20(12-14-21)25(29)32-22-15-9-19(10-16-22)24(28)26-4-2/h3,9-16H,1,4-8,17-18H2,2H3,(H,26,28). The second kappa shape index (κ2) is 13.6. The van der Waals surface area contributed by atoms with Crippen LogP contribution in [-0.2, 0) is 9.53 Å². The molecule has 2 rings (SSSR count). The maximum Gasteiger partial charge on any atom is 0.343 e. The van der Waals surface area contributed by atoms with Crippen LogP contribution in [0, 0.1) is 0 Å². The minimum absolute atomic E-state index is 0.171. The molecule has 0 saturated carbocycles. The first-order valence-corrected chi connectivity index (χ1v) is 10.7. The number of ether oxygens (including phenoxy) is 3. The molecule has 7 nitrogen and oxygen atoms in total. The Morgan fingerprint density at radius 3 is 2.06 bits per heavy atom. The molecular formula is C25H29NO6. The van der Waals surface area contributed by atoms with Gasteiger partial charge in [0.2, 0.25) is 0 Å². The van der Waals surface area contributed by atoms with Crippen LogP contribution in [0.2, 0.25) is 0 Å². The lowest BCUT2D eigenvalue weighted by Crippen LogP contribution is -2.22. The highest BCUT2D eigenvalue weighted by atomic mass is 16.5. The Hall–Kier alpha value is -3.61. The van der Waals surface area contributed by atoms with Crippen molar-refractivity contribution in [1.82, 2.24) is 5.32 Å². The summed E-state index contributed by atoms with van der Waals surface area (Å²) in [5.74, 6) is -0.0140. The third-order valence-corrected chi connectivity index (χ3v) is 4.47. The summed E-state index contributed by atoms with van der Waals surface area (Å²) in [6, 6.07) is 13.1. The van der Waals surface area contributed by atoms with Crippen LogP contribution in [0.3, 0.4) is 0 Å². The van der Waals surface area contributed by atoms with E-state index in [1.54, 1.807) is 48.5 Å². The minimum Gasteiger partial charge on any atom is -0.494 e. The molecule has 0 unspecified atom stereocenters. The number of esters is 2. The summed E-state index contributed by atoms with van der Waals surface area (Å²) in [6.45, 7) is 6.71. The van der Waals surface area contributed by atoms with Crippen molar-refractivity contribution < 1.29 is 28.6 Å². The smallest absolute Gasteiger partial charge is 0.343 e. The molecule has 0 aliphatic rings. The van der Waals surface area contributed by atoms with E-state index < -0.39 is 11.9 Å². The maximum absolute atomic E-state index is 12.3. The lowest BCUT2D eigenvalue weighted by molar-refractivity contribution is -0.137. The van der Waals surface area contributed by atoms with Gasteiger partial charge in [0, 0.05) is 18.2 Å². The van der Waals surface area contributed by atoms with Crippen molar-refractivity contribution in [2.24, 2.45) is 0 Å². The summed E-state index contributed by atoms with van der Waals surface area (Å²) in [6.07, 6.45) is 4.76. The van der Waals surface area contributed by atoms with Gasteiger partial charge in [-0.15, -0.1) is 0 Å². The zero-order valence-electron chi connectivity index (χ0n) is 18.3. The Kier molecular flexibility index (Phi) is 10.5. The fraction of sp³-hybridized carbons (Fsp3) is 0.320. The largest absolute Gasteiger partial charge is 0.494 e. The Bertz CT molecular complexity index is 890. The van der Waals surface area contributed by atoms with Gasteiger partial charge < -0.3 is 19.5 Å². The molecule has 0 saturated heterocycles. The lowest BCUT2D eigenvalue weighted by Gasteiger charge is -2.08. The lowest BCUT2D eigenvalue weighted by atomic mass is 10.2. The number of nitrogens with one attached hydrogen (secondary N) is 1. The second-order valence-electron chi connectivity index (χ2n) is 6.93. The highest BCUT2D eigenvalue weighted by molar-refractivity contribution is 5.94. The summed E-state index contributed by atoms with van der Waals surface area (Å²) < 4.78 is 16.0. The van der Waals surface area contributed by atoms with Crippen LogP contribution >= 0.6 is 0 Å². The van der Waals surface area contributed by atoms with Gasteiger partial charge in [-0.1, -0.05) is 6.58 Å². The Labute approximate surface area is 188 Å². The summed E-state index contributed by atoms with van der Waals surface area (Å²) in [7, 11) is 0. The molecule has 170 valence electrons. The van der Waals surface area contributed by atoms with E-state index in [0.717, 1.165) is 31.8 Å². The van der Waals surface area contributed by atoms with Crippen LogP contribution in [0.1, 0.15) is 53.3 Å². The third-order valence-electron chi connectivity index (χ3n) is 4.47. The van der Waals surface area contributed by atoms with Crippen LogP contribution in [0.4, 0.5) is 0 Å². The fourth-order valence-corrected chi connectivity index (χ4v) is 2.77. The predicted molar refractivity (Wildman–Crippen MR) is 121 cm³/mol. The van der Waals surface area contributed by atoms with Crippen molar-refractivity contribution in [2.45, 2.75) is 32.6 Å². The number of carbonyl (C=O) groups excluding carboxylic acids is 3. The molecule has 0 spiro atoms. The highest BCUT2D eigenvalue weighted by Crippen LogP contribution is 2.17. The minimum atomic E-state index is -0.487. The summed E-state index contributed by atoms with van der Waals surface area (Å²) in [5.41, 5.74) is 0.906. The summed E-state index contributed by atoms with van der Waals surface area (Å²) in [5, 5.41) is 2.71. The van der Waals surface area contributed by atoms with E-state index in [4.69, 9.17) is 14.2 Å². The monoisotopic (exact) mass is 439 g/mol. The Balaban J connectivity index is 1.69. The number of benzene rings is 2. The average Bonchev–Trinajstić information content (AvgIpc) is 2.81. The van der Waals surface area contributed by atoms with E-state index in [1.807, 2.05) is 6.92 Å². The third kappa shape index (κ3) is 8.63. The van der Waals surface area contributed by atoms with E-state index in [2.05, 4.69) is 11.9 Å². The zero-order valence-corrected chi connectivity index (χ0v) is 18.3. The van der Waals surface area contributed by atoms with E-state index in [1.165, 1.54) is 0 Å². The van der Waals surface area contributed by atoms with Crippen molar-refractivity contribution in [1.29, 1.82) is 0 Å². The topological polar surface area (TPSA) is 90.9 Å². The number of carbonyl (C=O) groups is 3. The van der Waals surface area contributed by atoms with Crippen molar-refractivity contribution in [3.63, 3.8) is 0 Å². The Morgan fingerprint density at radius 2 is 1.44 bits per heavy atom. The average molecular weight is 440 g/mol. The fourth-order valence-electron chi connectivity index (χ4n) is 2.77. The van der Waals surface area contributed by atoms with Gasteiger partial charge in [0.05, 0.1) is 18.8 Å². The molecule has 2 aromatic carbocycles. The van der Waals surface area contributed by atoms with Crippen molar-refractivity contribution in [3.05, 3.63) is 72.3 Å². The van der Waals surface area contributed by atoms with E-state index in [0.29, 0.717) is 42.4 Å². The van der Waals surface area contributed by atoms with Crippen LogP contribution in [0.5, 0.6) is 11.5 Å². The molecule has 7 heteroatoms. The van der Waals surface area contributed by atoms with Crippen LogP contribution in [0.15, 0.2) is 61.2 Å². The van der Waals surface area contributed by atoms with Gasteiger partial charge in [0.15, 0.2) is 0 Å². The van der Waals surface area contributed by atoms with Crippen molar-refractivity contribution in [2.75, 3.05) is 19.8 Å². The van der Waals surface area contributed by atoms with Gasteiger partial charge in [-0.3, -0.25) is 4.79 Å². The molecule has 0 aromatic heterocycles. The van der Waals surface area contributed by atoms with Crippen LogP contribution in [-0.4, -0.2) is 37.6 Å². The summed E-state index contributed by atoms with van der Waals surface area (Å²) in [4.78, 5) is 35.0. The highest BCUT2D eigenvalue weighted by Gasteiger charge is 2.10. The first-order chi connectivity index (χ1) is 15.5. The molecule has 1 N–H and O–H groups in total. The summed E-state index contributed by atoms with van der Waals surface area (Å²) >= 11 is 0. The van der Waals surface area contributed by atoms with Gasteiger partial charge in [0.1, 0.15) is 11.5 Å². The quantitative estimate of drug-likeness (QED) is 0.216. The zero-order chi connectivity index (χ0) is 23.2. The maximum atomic E-state index is 12.3. The first kappa shape index (κ1) is 24.7. The molecule has 1 amide bonds. The number of rotatable bonds is 13. The van der Waals surface area contributed by atoms with E-state index >= 15 is 0 Å². The molecule has 0 aliphatic carbocycles. The normalized spacial score (nSPS) is 10.2. The van der Waals surface area contributed by atoms with Gasteiger partial charge in [0.25, 0.3) is 5.91 Å². The van der Waals surface area contributed by atoms with Gasteiger partial charge in [-0.2, -0.15) is 0 Å². The first-order valence-electron chi connectivity index (χ1n) is 10.7. The SMILES string of the molecule is C=CC(=O)OCCCCCCOc1ccc(C(=O)Oc2ccc(C(=O)NCC)cc2)cc1. The number of hydrogen-bond donors (Lipinski definition) is 1. The molecular weight excluding hydrogens is 410 g/mol. The number of unbranched alkanes of at least 4 members (excludes halogenated alkanes) is 3. The second-order valence-corrected chi connectivity index (χ2v) is 6.93. The van der Waals surface area contributed by atoms with Gasteiger partial charge >= 0.3 is 11.9 Å². The molecule has 0 fully saturated rings. The van der Waals surface area contributed by atoms with E-state index in [9.17, 15) is 14.4 Å². The van der Waals surface area contributed by atoms with Gasteiger partial charge in [-0.25, -0.2) is 9.59 Å². The molecule has 0 bridgehead atoms. The van der Waals surface area contributed by atoms with Crippen LogP contribution in [0.25, 0.3) is 0 Å².